The highest BCUT2D eigenvalue weighted by atomic mass is 16.1. The molecule has 1 fully saturated rings. The average molecular weight is 171 g/mol. The number of rotatable bonds is 2. The van der Waals surface area contributed by atoms with Crippen LogP contribution in [0.15, 0.2) is 0 Å². The molecule has 0 aliphatic carbocycles. The van der Waals surface area contributed by atoms with Crippen molar-refractivity contribution in [1.29, 1.82) is 0 Å². The first kappa shape index (κ1) is 9.48. The van der Waals surface area contributed by atoms with Crippen LogP contribution in [0, 0.1) is 5.92 Å². The molecule has 0 spiro atoms. The van der Waals surface area contributed by atoms with E-state index in [4.69, 9.17) is 11.5 Å². The summed E-state index contributed by atoms with van der Waals surface area (Å²) in [6.07, 6.45) is 1.90. The standard InChI is InChI=1S/C8H17N3O/c1-11-3-2-6(5-9)4-7(11)8(10)12/h6-7H,2-5,9H2,1H3,(H2,10,12). The van der Waals surface area contributed by atoms with E-state index in [0.29, 0.717) is 12.5 Å². The molecule has 0 bridgehead atoms. The van der Waals surface area contributed by atoms with Crippen LogP contribution in [0.4, 0.5) is 0 Å². The molecule has 1 aliphatic rings. The van der Waals surface area contributed by atoms with Crippen molar-refractivity contribution < 1.29 is 4.79 Å². The van der Waals surface area contributed by atoms with E-state index in [-0.39, 0.29) is 11.9 Å². The Morgan fingerprint density at radius 3 is 2.83 bits per heavy atom. The molecule has 4 nitrogen and oxygen atoms in total. The average Bonchev–Trinajstić information content (AvgIpc) is 2.05. The number of hydrogen-bond donors (Lipinski definition) is 2. The molecule has 1 saturated heterocycles. The summed E-state index contributed by atoms with van der Waals surface area (Å²) in [5, 5.41) is 0. The fourth-order valence-electron chi connectivity index (χ4n) is 1.70. The maximum Gasteiger partial charge on any atom is 0.234 e. The van der Waals surface area contributed by atoms with Gasteiger partial charge in [0.1, 0.15) is 0 Å². The van der Waals surface area contributed by atoms with Crippen LogP contribution in [-0.2, 0) is 4.79 Å². The molecule has 2 atom stereocenters. The van der Waals surface area contributed by atoms with Crippen LogP contribution in [0.5, 0.6) is 0 Å². The molecule has 1 heterocycles. The van der Waals surface area contributed by atoms with Gasteiger partial charge in [0.2, 0.25) is 5.91 Å². The Labute approximate surface area is 72.9 Å². The zero-order chi connectivity index (χ0) is 9.14. The second-order valence-corrected chi connectivity index (χ2v) is 3.52. The van der Waals surface area contributed by atoms with Crippen LogP contribution >= 0.6 is 0 Å². The SMILES string of the molecule is CN1CCC(CN)CC1C(N)=O. The van der Waals surface area contributed by atoms with Gasteiger partial charge in [0.25, 0.3) is 0 Å². The Balaban J connectivity index is 2.53. The molecule has 0 aromatic heterocycles. The third kappa shape index (κ3) is 1.95. The van der Waals surface area contributed by atoms with E-state index < -0.39 is 0 Å². The van der Waals surface area contributed by atoms with Gasteiger partial charge in [0.05, 0.1) is 6.04 Å². The molecular formula is C8H17N3O. The number of hydrogen-bond acceptors (Lipinski definition) is 3. The van der Waals surface area contributed by atoms with E-state index in [9.17, 15) is 4.79 Å². The van der Waals surface area contributed by atoms with E-state index in [1.165, 1.54) is 0 Å². The Kier molecular flexibility index (Phi) is 3.05. The fraction of sp³-hybridized carbons (Fsp3) is 0.875. The maximum absolute atomic E-state index is 11.0. The second kappa shape index (κ2) is 3.87. The lowest BCUT2D eigenvalue weighted by molar-refractivity contribution is -0.124. The number of nitrogens with two attached hydrogens (primary N) is 2. The summed E-state index contributed by atoms with van der Waals surface area (Å²) < 4.78 is 0. The zero-order valence-corrected chi connectivity index (χ0v) is 7.49. The van der Waals surface area contributed by atoms with Crippen LogP contribution in [0.25, 0.3) is 0 Å². The number of primary amides is 1. The Morgan fingerprint density at radius 1 is 1.67 bits per heavy atom. The largest absolute Gasteiger partial charge is 0.368 e. The van der Waals surface area contributed by atoms with Crippen molar-refractivity contribution in [3.8, 4) is 0 Å². The maximum atomic E-state index is 11.0. The molecule has 0 aromatic carbocycles. The Hall–Kier alpha value is -0.610. The second-order valence-electron chi connectivity index (χ2n) is 3.52. The summed E-state index contributed by atoms with van der Waals surface area (Å²) in [7, 11) is 1.93. The smallest absolute Gasteiger partial charge is 0.234 e. The van der Waals surface area contributed by atoms with Crippen molar-refractivity contribution in [3.05, 3.63) is 0 Å². The lowest BCUT2D eigenvalue weighted by Gasteiger charge is -2.34. The van der Waals surface area contributed by atoms with Crippen LogP contribution in [0.3, 0.4) is 0 Å². The van der Waals surface area contributed by atoms with E-state index in [1.807, 2.05) is 11.9 Å². The Morgan fingerprint density at radius 2 is 2.33 bits per heavy atom. The summed E-state index contributed by atoms with van der Waals surface area (Å²) in [5.74, 6) is 0.245. The summed E-state index contributed by atoms with van der Waals surface area (Å²) in [6.45, 7) is 1.59. The fourth-order valence-corrected chi connectivity index (χ4v) is 1.70. The minimum atomic E-state index is -0.226. The number of likely N-dealkylation sites (tertiary alicyclic amines) is 1. The van der Waals surface area contributed by atoms with Gasteiger partial charge >= 0.3 is 0 Å². The third-order valence-corrected chi connectivity index (χ3v) is 2.64. The lowest BCUT2D eigenvalue weighted by atomic mass is 9.91. The number of carbonyl (C=O) groups excluding carboxylic acids is 1. The topological polar surface area (TPSA) is 72.3 Å². The zero-order valence-electron chi connectivity index (χ0n) is 7.49. The summed E-state index contributed by atoms with van der Waals surface area (Å²) in [4.78, 5) is 13.0. The number of amides is 1. The monoisotopic (exact) mass is 171 g/mol. The van der Waals surface area contributed by atoms with Crippen LogP contribution in [0.2, 0.25) is 0 Å². The molecule has 4 N–H and O–H groups in total. The van der Waals surface area contributed by atoms with E-state index in [0.717, 1.165) is 19.4 Å². The number of likely N-dealkylation sites (N-methyl/N-ethyl adjacent to an activating group) is 1. The van der Waals surface area contributed by atoms with E-state index in [1.54, 1.807) is 0 Å². The van der Waals surface area contributed by atoms with Gasteiger partial charge < -0.3 is 11.5 Å². The molecule has 1 rings (SSSR count). The van der Waals surface area contributed by atoms with Crippen molar-refractivity contribution in [2.75, 3.05) is 20.1 Å². The normalized spacial score (nSPS) is 31.8. The summed E-state index contributed by atoms with van der Waals surface area (Å²) >= 11 is 0. The highest BCUT2D eigenvalue weighted by Gasteiger charge is 2.28. The predicted octanol–water partition coefficient (Wildman–Crippen LogP) is -0.859. The van der Waals surface area contributed by atoms with Gasteiger partial charge in [-0.05, 0) is 38.9 Å². The molecule has 0 radical (unpaired) electrons. The van der Waals surface area contributed by atoms with E-state index in [2.05, 4.69) is 0 Å². The van der Waals surface area contributed by atoms with Crippen molar-refractivity contribution in [1.82, 2.24) is 4.90 Å². The van der Waals surface area contributed by atoms with Gasteiger partial charge in [-0.25, -0.2) is 0 Å². The molecule has 0 saturated carbocycles. The lowest BCUT2D eigenvalue weighted by Crippen LogP contribution is -2.48. The molecule has 4 heteroatoms. The van der Waals surface area contributed by atoms with Crippen molar-refractivity contribution in [2.45, 2.75) is 18.9 Å². The van der Waals surface area contributed by atoms with Crippen molar-refractivity contribution in [3.63, 3.8) is 0 Å². The third-order valence-electron chi connectivity index (χ3n) is 2.64. The summed E-state index contributed by atoms with van der Waals surface area (Å²) in [5.41, 5.74) is 10.8. The first-order valence-electron chi connectivity index (χ1n) is 4.34. The van der Waals surface area contributed by atoms with Gasteiger partial charge in [-0.2, -0.15) is 0 Å². The van der Waals surface area contributed by atoms with Gasteiger partial charge in [0, 0.05) is 0 Å². The molecule has 12 heavy (non-hydrogen) atoms. The van der Waals surface area contributed by atoms with Crippen LogP contribution in [0.1, 0.15) is 12.8 Å². The van der Waals surface area contributed by atoms with Crippen molar-refractivity contribution in [2.24, 2.45) is 17.4 Å². The van der Waals surface area contributed by atoms with Crippen LogP contribution in [-0.4, -0.2) is 37.0 Å². The quantitative estimate of drug-likeness (QED) is 0.568. The van der Waals surface area contributed by atoms with E-state index >= 15 is 0 Å². The number of piperidine rings is 1. The highest BCUT2D eigenvalue weighted by molar-refractivity contribution is 5.79. The first-order valence-corrected chi connectivity index (χ1v) is 4.34. The first-order chi connectivity index (χ1) is 5.65. The number of carbonyl (C=O) groups is 1. The molecular weight excluding hydrogens is 154 g/mol. The van der Waals surface area contributed by atoms with Gasteiger partial charge in [-0.15, -0.1) is 0 Å². The molecule has 1 amide bonds. The molecule has 1 aliphatic heterocycles. The van der Waals surface area contributed by atoms with Crippen LogP contribution < -0.4 is 11.5 Å². The molecule has 0 aromatic rings. The highest BCUT2D eigenvalue weighted by Crippen LogP contribution is 2.20. The van der Waals surface area contributed by atoms with Gasteiger partial charge in [-0.1, -0.05) is 0 Å². The Bertz CT molecular complexity index is 172. The van der Waals surface area contributed by atoms with Gasteiger partial charge in [-0.3, -0.25) is 9.69 Å². The number of nitrogens with zero attached hydrogens (tertiary/aromatic N) is 1. The minimum absolute atomic E-state index is 0.104. The minimum Gasteiger partial charge on any atom is -0.368 e. The van der Waals surface area contributed by atoms with Gasteiger partial charge in [0.15, 0.2) is 0 Å². The van der Waals surface area contributed by atoms with Crippen molar-refractivity contribution >= 4 is 5.91 Å². The molecule has 2 unspecified atom stereocenters. The predicted molar refractivity (Wildman–Crippen MR) is 47.4 cm³/mol. The molecule has 70 valence electrons. The summed E-state index contributed by atoms with van der Waals surface area (Å²) in [6, 6.07) is -0.104.